The Morgan fingerprint density at radius 1 is 1.25 bits per heavy atom. The highest BCUT2D eigenvalue weighted by Crippen LogP contribution is 2.24. The molecule has 0 saturated carbocycles. The third kappa shape index (κ3) is 6.51. The first-order valence-corrected chi connectivity index (χ1v) is 10.5. The number of benzene rings is 1. The molecule has 0 amide bonds. The molecule has 8 heteroatoms. The second kappa shape index (κ2) is 12.1. The van der Waals surface area contributed by atoms with Gasteiger partial charge in [-0.1, -0.05) is 18.2 Å². The lowest BCUT2D eigenvalue weighted by atomic mass is 10.2. The Kier molecular flexibility index (Phi) is 9.83. The molecule has 1 fully saturated rings. The molecule has 0 spiro atoms. The number of halogens is 1. The van der Waals surface area contributed by atoms with Gasteiger partial charge in [-0.3, -0.25) is 4.99 Å². The van der Waals surface area contributed by atoms with Crippen molar-refractivity contribution < 1.29 is 4.74 Å². The van der Waals surface area contributed by atoms with Crippen LogP contribution in [-0.4, -0.2) is 44.2 Å². The van der Waals surface area contributed by atoms with Crippen LogP contribution in [0.5, 0.6) is 5.75 Å². The second-order valence-corrected chi connectivity index (χ2v) is 7.30. The number of thiazole rings is 1. The van der Waals surface area contributed by atoms with Gasteiger partial charge < -0.3 is 20.3 Å². The second-order valence-electron chi connectivity index (χ2n) is 6.46. The Labute approximate surface area is 188 Å². The number of ether oxygens (including phenoxy) is 1. The van der Waals surface area contributed by atoms with Crippen LogP contribution < -0.4 is 20.3 Å². The first kappa shape index (κ1) is 22.7. The summed E-state index contributed by atoms with van der Waals surface area (Å²) in [4.78, 5) is 11.5. The summed E-state index contributed by atoms with van der Waals surface area (Å²) in [5, 5.41) is 10.1. The molecule has 2 heterocycles. The molecule has 0 aliphatic carbocycles. The predicted octanol–water partition coefficient (Wildman–Crippen LogP) is 3.67. The van der Waals surface area contributed by atoms with Crippen LogP contribution in [0.25, 0.3) is 0 Å². The van der Waals surface area contributed by atoms with Gasteiger partial charge in [0.2, 0.25) is 0 Å². The van der Waals surface area contributed by atoms with Crippen LogP contribution in [0.1, 0.15) is 31.0 Å². The average molecular weight is 515 g/mol. The highest BCUT2D eigenvalue weighted by atomic mass is 127. The van der Waals surface area contributed by atoms with E-state index in [-0.39, 0.29) is 24.0 Å². The fraction of sp³-hybridized carbons (Fsp3) is 0.500. The molecule has 1 aromatic heterocycles. The van der Waals surface area contributed by atoms with Crippen LogP contribution >= 0.6 is 35.3 Å². The fourth-order valence-corrected chi connectivity index (χ4v) is 4.03. The molecule has 3 rings (SSSR count). The van der Waals surface area contributed by atoms with Crippen LogP contribution in [0.2, 0.25) is 0 Å². The number of guanidine groups is 1. The fourth-order valence-electron chi connectivity index (χ4n) is 3.12. The number of hydrogen-bond acceptors (Lipinski definition) is 5. The van der Waals surface area contributed by atoms with E-state index in [4.69, 9.17) is 9.72 Å². The van der Waals surface area contributed by atoms with Gasteiger partial charge in [-0.25, -0.2) is 4.98 Å². The summed E-state index contributed by atoms with van der Waals surface area (Å²) in [6.45, 7) is 6.42. The number of aromatic nitrogens is 1. The van der Waals surface area contributed by atoms with Crippen LogP contribution in [0, 0.1) is 0 Å². The van der Waals surface area contributed by atoms with Gasteiger partial charge in [0.1, 0.15) is 5.75 Å². The van der Waals surface area contributed by atoms with Crippen molar-refractivity contribution in [2.24, 2.45) is 4.99 Å². The normalized spacial score (nSPS) is 13.9. The number of hydrogen-bond donors (Lipinski definition) is 2. The van der Waals surface area contributed by atoms with E-state index in [0.717, 1.165) is 54.2 Å². The van der Waals surface area contributed by atoms with Crippen molar-refractivity contribution in [1.82, 2.24) is 15.6 Å². The molecule has 1 aromatic carbocycles. The first-order valence-electron chi connectivity index (χ1n) is 9.64. The highest BCUT2D eigenvalue weighted by molar-refractivity contribution is 14.0. The first-order chi connectivity index (χ1) is 13.3. The standard InChI is InChI=1S/C20H29N5OS.HI/c1-3-26-18-9-5-4-8-16(18)14-23-19(21-2)22-11-10-17-15-27-20(24-17)25-12-6-7-13-25;/h4-5,8-9,15H,3,6-7,10-14H2,1-2H3,(H2,21,22,23);1H. The summed E-state index contributed by atoms with van der Waals surface area (Å²) in [5.74, 6) is 1.70. The molecule has 28 heavy (non-hydrogen) atoms. The van der Waals surface area contributed by atoms with E-state index in [0.29, 0.717) is 13.2 Å². The molecule has 0 bridgehead atoms. The minimum atomic E-state index is 0. The molecule has 6 nitrogen and oxygen atoms in total. The molecular formula is C20H30IN5OS. The van der Waals surface area contributed by atoms with Crippen molar-refractivity contribution in [2.45, 2.75) is 32.7 Å². The average Bonchev–Trinajstić information content (AvgIpc) is 3.37. The highest BCUT2D eigenvalue weighted by Gasteiger charge is 2.15. The lowest BCUT2D eigenvalue weighted by Crippen LogP contribution is -2.38. The van der Waals surface area contributed by atoms with E-state index in [9.17, 15) is 0 Å². The zero-order valence-corrected chi connectivity index (χ0v) is 19.8. The molecule has 0 radical (unpaired) electrons. The molecule has 154 valence electrons. The smallest absolute Gasteiger partial charge is 0.191 e. The van der Waals surface area contributed by atoms with E-state index in [1.54, 1.807) is 18.4 Å². The van der Waals surface area contributed by atoms with Gasteiger partial charge in [0.25, 0.3) is 0 Å². The molecule has 0 unspecified atom stereocenters. The maximum Gasteiger partial charge on any atom is 0.191 e. The van der Waals surface area contributed by atoms with E-state index in [1.165, 1.54) is 12.8 Å². The van der Waals surface area contributed by atoms with Gasteiger partial charge in [0, 0.05) is 50.6 Å². The van der Waals surface area contributed by atoms with Crippen LogP contribution in [0.4, 0.5) is 5.13 Å². The Balaban J connectivity index is 0.00000280. The lowest BCUT2D eigenvalue weighted by Gasteiger charge is -2.14. The third-order valence-corrected chi connectivity index (χ3v) is 5.48. The Hall–Kier alpha value is -1.55. The van der Waals surface area contributed by atoms with Gasteiger partial charge in [-0.15, -0.1) is 35.3 Å². The molecule has 2 N–H and O–H groups in total. The Bertz CT molecular complexity index is 746. The molecule has 1 saturated heterocycles. The molecule has 2 aromatic rings. The zero-order valence-electron chi connectivity index (χ0n) is 16.6. The number of rotatable bonds is 8. The minimum absolute atomic E-state index is 0. The Morgan fingerprint density at radius 3 is 2.79 bits per heavy atom. The van der Waals surface area contributed by atoms with E-state index >= 15 is 0 Å². The van der Waals surface area contributed by atoms with Crippen molar-refractivity contribution in [1.29, 1.82) is 0 Å². The number of aliphatic imine (C=N–C) groups is 1. The van der Waals surface area contributed by atoms with Gasteiger partial charge in [-0.05, 0) is 25.8 Å². The molecular weight excluding hydrogens is 485 g/mol. The monoisotopic (exact) mass is 515 g/mol. The maximum atomic E-state index is 5.68. The predicted molar refractivity (Wildman–Crippen MR) is 128 cm³/mol. The number of anilines is 1. The number of nitrogens with zero attached hydrogens (tertiary/aromatic N) is 3. The largest absolute Gasteiger partial charge is 0.494 e. The third-order valence-electron chi connectivity index (χ3n) is 4.53. The summed E-state index contributed by atoms with van der Waals surface area (Å²) in [6, 6.07) is 8.08. The summed E-state index contributed by atoms with van der Waals surface area (Å²) < 4.78 is 5.68. The van der Waals surface area contributed by atoms with Gasteiger partial charge in [0.15, 0.2) is 11.1 Å². The van der Waals surface area contributed by atoms with E-state index < -0.39 is 0 Å². The van der Waals surface area contributed by atoms with Crippen molar-refractivity contribution >= 4 is 46.4 Å². The van der Waals surface area contributed by atoms with Gasteiger partial charge in [-0.2, -0.15) is 0 Å². The summed E-state index contributed by atoms with van der Waals surface area (Å²) in [6.07, 6.45) is 3.45. The summed E-state index contributed by atoms with van der Waals surface area (Å²) in [7, 11) is 1.79. The lowest BCUT2D eigenvalue weighted by molar-refractivity contribution is 0.336. The van der Waals surface area contributed by atoms with E-state index in [2.05, 4.69) is 32.0 Å². The van der Waals surface area contributed by atoms with Gasteiger partial charge in [0.05, 0.1) is 12.3 Å². The molecule has 1 aliphatic rings. The number of nitrogens with one attached hydrogen (secondary N) is 2. The van der Waals surface area contributed by atoms with Crippen LogP contribution in [-0.2, 0) is 13.0 Å². The summed E-state index contributed by atoms with van der Waals surface area (Å²) >= 11 is 1.75. The van der Waals surface area contributed by atoms with Gasteiger partial charge >= 0.3 is 0 Å². The zero-order chi connectivity index (χ0) is 18.9. The molecule has 0 atom stereocenters. The molecule has 1 aliphatic heterocycles. The van der Waals surface area contributed by atoms with Crippen molar-refractivity contribution in [3.8, 4) is 5.75 Å². The van der Waals surface area contributed by atoms with Crippen molar-refractivity contribution in [3.63, 3.8) is 0 Å². The maximum absolute atomic E-state index is 5.68. The van der Waals surface area contributed by atoms with Crippen LogP contribution in [0.15, 0.2) is 34.6 Å². The Morgan fingerprint density at radius 2 is 2.04 bits per heavy atom. The van der Waals surface area contributed by atoms with Crippen molar-refractivity contribution in [2.75, 3.05) is 38.2 Å². The van der Waals surface area contributed by atoms with E-state index in [1.807, 2.05) is 25.1 Å². The summed E-state index contributed by atoms with van der Waals surface area (Å²) in [5.41, 5.74) is 2.27. The number of para-hydroxylation sites is 1. The van der Waals surface area contributed by atoms with Crippen molar-refractivity contribution in [3.05, 3.63) is 40.9 Å². The van der Waals surface area contributed by atoms with Crippen LogP contribution in [0.3, 0.4) is 0 Å². The SMILES string of the molecule is CCOc1ccccc1CNC(=NC)NCCc1csc(N2CCCC2)n1.I. The quantitative estimate of drug-likeness (QED) is 0.319. The minimum Gasteiger partial charge on any atom is -0.494 e. The topological polar surface area (TPSA) is 61.8 Å².